The van der Waals surface area contributed by atoms with Gasteiger partial charge in [0.1, 0.15) is 0 Å². The molecule has 2 rings (SSSR count). The molecule has 0 aliphatic heterocycles. The average molecular weight is 256 g/mol. The third kappa shape index (κ3) is 1.34. The lowest BCUT2D eigenvalue weighted by molar-refractivity contribution is 0.992. The second kappa shape index (κ2) is 2.97. The molecule has 0 saturated carbocycles. The lowest BCUT2D eigenvalue weighted by Gasteiger charge is -2.15. The summed E-state index contributed by atoms with van der Waals surface area (Å²) >= 11 is 2.50. The summed E-state index contributed by atoms with van der Waals surface area (Å²) in [5.41, 5.74) is 2.87. The van der Waals surface area contributed by atoms with Crippen molar-refractivity contribution in [1.82, 2.24) is 0 Å². The van der Waals surface area contributed by atoms with Crippen molar-refractivity contribution < 1.29 is 0 Å². The van der Waals surface area contributed by atoms with E-state index >= 15 is 0 Å². The van der Waals surface area contributed by atoms with Crippen LogP contribution in [0.4, 0.5) is 0 Å². The Morgan fingerprint density at radius 3 is 2.91 bits per heavy atom. The highest BCUT2D eigenvalue weighted by Gasteiger charge is 2.11. The first kappa shape index (κ1) is 7.35. The van der Waals surface area contributed by atoms with Crippen LogP contribution in [0.1, 0.15) is 21.5 Å². The fourth-order valence-electron chi connectivity index (χ4n) is 1.39. The number of halogens is 1. The zero-order valence-corrected chi connectivity index (χ0v) is 8.28. The largest absolute Gasteiger partial charge is 0.0826 e. The maximum Gasteiger partial charge on any atom is 0.0400 e. The first-order valence-electron chi connectivity index (χ1n) is 3.77. The Balaban J connectivity index is 2.54. The summed E-state index contributed by atoms with van der Waals surface area (Å²) in [5, 5.41) is 0. The van der Waals surface area contributed by atoms with E-state index in [-0.39, 0.29) is 0 Å². The molecule has 1 aliphatic carbocycles. The van der Waals surface area contributed by atoms with Crippen LogP contribution in [0.3, 0.4) is 0 Å². The van der Waals surface area contributed by atoms with Gasteiger partial charge in [-0.05, 0) is 17.5 Å². The first-order chi connectivity index (χ1) is 5.38. The van der Waals surface area contributed by atoms with E-state index in [9.17, 15) is 0 Å². The SMILES string of the molecule is IC1CC=Cc2ccccc21. The molecule has 0 radical (unpaired) electrons. The lowest BCUT2D eigenvalue weighted by atomic mass is 9.98. The van der Waals surface area contributed by atoms with Crippen LogP contribution in [0.15, 0.2) is 30.3 Å². The Morgan fingerprint density at radius 2 is 2.09 bits per heavy atom. The first-order valence-corrected chi connectivity index (χ1v) is 5.02. The Kier molecular flexibility index (Phi) is 1.98. The quantitative estimate of drug-likeness (QED) is 0.491. The molecule has 1 atom stereocenters. The molecule has 0 N–H and O–H groups in total. The van der Waals surface area contributed by atoms with Gasteiger partial charge in [-0.15, -0.1) is 0 Å². The minimum Gasteiger partial charge on any atom is -0.0826 e. The zero-order chi connectivity index (χ0) is 7.68. The van der Waals surface area contributed by atoms with Gasteiger partial charge in [-0.25, -0.2) is 0 Å². The third-order valence-electron chi connectivity index (χ3n) is 1.97. The monoisotopic (exact) mass is 256 g/mol. The number of hydrogen-bond donors (Lipinski definition) is 0. The summed E-state index contributed by atoms with van der Waals surface area (Å²) in [6.07, 6.45) is 5.64. The maximum absolute atomic E-state index is 2.50. The van der Waals surface area contributed by atoms with Crippen molar-refractivity contribution in [2.24, 2.45) is 0 Å². The van der Waals surface area contributed by atoms with Crippen LogP contribution in [-0.4, -0.2) is 0 Å². The number of fused-ring (bicyclic) bond motifs is 1. The molecule has 0 amide bonds. The topological polar surface area (TPSA) is 0 Å². The van der Waals surface area contributed by atoms with E-state index in [0.717, 1.165) is 0 Å². The van der Waals surface area contributed by atoms with E-state index in [1.807, 2.05) is 0 Å². The molecule has 1 unspecified atom stereocenters. The number of allylic oxidation sites excluding steroid dienone is 1. The van der Waals surface area contributed by atoms with Gasteiger partial charge < -0.3 is 0 Å². The van der Waals surface area contributed by atoms with Gasteiger partial charge in [0.25, 0.3) is 0 Å². The maximum atomic E-state index is 2.50. The highest BCUT2D eigenvalue weighted by atomic mass is 127. The van der Waals surface area contributed by atoms with E-state index < -0.39 is 0 Å². The van der Waals surface area contributed by atoms with Crippen molar-refractivity contribution in [2.45, 2.75) is 10.3 Å². The highest BCUT2D eigenvalue weighted by Crippen LogP contribution is 2.34. The van der Waals surface area contributed by atoms with Crippen molar-refractivity contribution in [2.75, 3.05) is 0 Å². The second-order valence-electron chi connectivity index (χ2n) is 2.73. The normalized spacial score (nSPS) is 21.4. The predicted molar refractivity (Wildman–Crippen MR) is 56.9 cm³/mol. The van der Waals surface area contributed by atoms with Crippen LogP contribution in [0.25, 0.3) is 6.08 Å². The van der Waals surface area contributed by atoms with Crippen LogP contribution < -0.4 is 0 Å². The van der Waals surface area contributed by atoms with E-state index in [0.29, 0.717) is 3.92 Å². The molecule has 0 fully saturated rings. The Morgan fingerprint density at radius 1 is 1.27 bits per heavy atom. The highest BCUT2D eigenvalue weighted by molar-refractivity contribution is 14.1. The summed E-state index contributed by atoms with van der Waals surface area (Å²) in [5.74, 6) is 0. The standard InChI is InChI=1S/C10H9I/c11-10-7-3-5-8-4-1-2-6-9(8)10/h1-6,10H,7H2. The number of alkyl halides is 1. The Hall–Kier alpha value is -0.310. The Labute approximate surface area is 80.5 Å². The molecule has 1 heteroatoms. The van der Waals surface area contributed by atoms with Gasteiger partial charge in [0, 0.05) is 3.92 Å². The molecule has 1 aliphatic rings. The van der Waals surface area contributed by atoms with E-state index in [4.69, 9.17) is 0 Å². The lowest BCUT2D eigenvalue weighted by Crippen LogP contribution is -1.95. The molecule has 0 heterocycles. The van der Waals surface area contributed by atoms with Crippen molar-refractivity contribution in [3.05, 3.63) is 41.5 Å². The Bertz CT molecular complexity index is 289. The van der Waals surface area contributed by atoms with Crippen molar-refractivity contribution in [3.8, 4) is 0 Å². The molecule has 11 heavy (non-hydrogen) atoms. The average Bonchev–Trinajstić information content (AvgIpc) is 2.06. The molecule has 0 spiro atoms. The summed E-state index contributed by atoms with van der Waals surface area (Å²) in [6.45, 7) is 0. The van der Waals surface area contributed by atoms with E-state index in [1.165, 1.54) is 17.5 Å². The van der Waals surface area contributed by atoms with Crippen LogP contribution in [-0.2, 0) is 0 Å². The molecular formula is C10H9I. The molecule has 0 aromatic heterocycles. The van der Waals surface area contributed by atoms with Crippen molar-refractivity contribution >= 4 is 28.7 Å². The fourth-order valence-corrected chi connectivity index (χ4v) is 2.25. The number of hydrogen-bond acceptors (Lipinski definition) is 0. The van der Waals surface area contributed by atoms with Gasteiger partial charge >= 0.3 is 0 Å². The molecular weight excluding hydrogens is 247 g/mol. The minimum absolute atomic E-state index is 0.675. The van der Waals surface area contributed by atoms with Crippen molar-refractivity contribution in [3.63, 3.8) is 0 Å². The van der Waals surface area contributed by atoms with Gasteiger partial charge in [0.15, 0.2) is 0 Å². The van der Waals surface area contributed by atoms with Crippen LogP contribution in [0.5, 0.6) is 0 Å². The van der Waals surface area contributed by atoms with Crippen LogP contribution in [0.2, 0.25) is 0 Å². The van der Waals surface area contributed by atoms with Crippen LogP contribution >= 0.6 is 22.6 Å². The van der Waals surface area contributed by atoms with Gasteiger partial charge in [0.2, 0.25) is 0 Å². The molecule has 1 aromatic carbocycles. The number of benzene rings is 1. The van der Waals surface area contributed by atoms with Gasteiger partial charge in [0.05, 0.1) is 0 Å². The summed E-state index contributed by atoms with van der Waals surface area (Å²) < 4.78 is 0.675. The minimum atomic E-state index is 0.675. The van der Waals surface area contributed by atoms with E-state index in [1.54, 1.807) is 0 Å². The fraction of sp³-hybridized carbons (Fsp3) is 0.200. The smallest absolute Gasteiger partial charge is 0.0400 e. The summed E-state index contributed by atoms with van der Waals surface area (Å²) in [4.78, 5) is 0. The second-order valence-corrected chi connectivity index (χ2v) is 4.24. The van der Waals surface area contributed by atoms with Gasteiger partial charge in [-0.3, -0.25) is 0 Å². The molecule has 0 saturated heterocycles. The van der Waals surface area contributed by atoms with Gasteiger partial charge in [-0.1, -0.05) is 59.0 Å². The number of rotatable bonds is 0. The van der Waals surface area contributed by atoms with E-state index in [2.05, 4.69) is 59.0 Å². The summed E-state index contributed by atoms with van der Waals surface area (Å²) in [6, 6.07) is 8.61. The third-order valence-corrected chi connectivity index (χ3v) is 3.15. The molecule has 0 bridgehead atoms. The zero-order valence-electron chi connectivity index (χ0n) is 6.13. The van der Waals surface area contributed by atoms with Crippen molar-refractivity contribution in [1.29, 1.82) is 0 Å². The summed E-state index contributed by atoms with van der Waals surface area (Å²) in [7, 11) is 0. The van der Waals surface area contributed by atoms with Crippen LogP contribution in [0, 0.1) is 0 Å². The van der Waals surface area contributed by atoms with Gasteiger partial charge in [-0.2, -0.15) is 0 Å². The predicted octanol–water partition coefficient (Wildman–Crippen LogP) is 3.58. The molecule has 0 nitrogen and oxygen atoms in total. The molecule has 1 aromatic rings. The molecule has 56 valence electrons.